The van der Waals surface area contributed by atoms with Crippen LogP contribution in [0.1, 0.15) is 13.8 Å². The van der Waals surface area contributed by atoms with E-state index in [9.17, 15) is 9.13 Å². The van der Waals surface area contributed by atoms with Crippen LogP contribution < -0.4 is 0 Å². The normalized spacial score (nSPS) is 11.8. The SMILES string of the molecule is CCP(=O)(O)O.CCP(=O)(O)O. The summed E-state index contributed by atoms with van der Waals surface area (Å²) < 4.78 is 19.4. The largest absolute Gasteiger partial charge is 0.325 e. The first-order chi connectivity index (χ1) is 5.12. The van der Waals surface area contributed by atoms with Crippen molar-refractivity contribution < 1.29 is 28.7 Å². The minimum atomic E-state index is -3.65. The molecule has 0 bridgehead atoms. The Bertz CT molecular complexity index is 168. The van der Waals surface area contributed by atoms with E-state index in [2.05, 4.69) is 0 Å². The molecule has 0 fully saturated rings. The maximum atomic E-state index is 9.69. The molecule has 0 atom stereocenters. The molecular formula is C4H14O6P2. The topological polar surface area (TPSA) is 115 Å². The molecule has 4 N–H and O–H groups in total. The fourth-order valence-electron chi connectivity index (χ4n) is 0. The van der Waals surface area contributed by atoms with E-state index in [-0.39, 0.29) is 12.3 Å². The van der Waals surface area contributed by atoms with Crippen LogP contribution in [0.25, 0.3) is 0 Å². The summed E-state index contributed by atoms with van der Waals surface area (Å²) in [5.74, 6) is 0. The molecule has 0 radical (unpaired) electrons. The Kier molecular flexibility index (Phi) is 7.23. The lowest BCUT2D eigenvalue weighted by atomic mass is 11.0. The highest BCUT2D eigenvalue weighted by Gasteiger charge is 2.05. The monoisotopic (exact) mass is 220 g/mol. The van der Waals surface area contributed by atoms with E-state index in [0.717, 1.165) is 0 Å². The van der Waals surface area contributed by atoms with Gasteiger partial charge in [0.25, 0.3) is 0 Å². The Morgan fingerprint density at radius 3 is 0.917 bits per heavy atom. The molecule has 0 aliphatic rings. The van der Waals surface area contributed by atoms with Crippen LogP contribution in [0.4, 0.5) is 0 Å². The highest BCUT2D eigenvalue weighted by molar-refractivity contribution is 7.51. The second kappa shape index (κ2) is 5.86. The molecule has 0 aromatic carbocycles. The molecule has 6 nitrogen and oxygen atoms in total. The van der Waals surface area contributed by atoms with E-state index in [0.29, 0.717) is 0 Å². The van der Waals surface area contributed by atoms with Gasteiger partial charge in [0.15, 0.2) is 0 Å². The second-order valence-electron chi connectivity index (χ2n) is 1.96. The zero-order chi connectivity index (χ0) is 10.4. The predicted octanol–water partition coefficient (Wildman–Crippen LogP) is 0.368. The van der Waals surface area contributed by atoms with E-state index < -0.39 is 15.2 Å². The first kappa shape index (κ1) is 14.8. The summed E-state index contributed by atoms with van der Waals surface area (Å²) in [5.41, 5.74) is 0. The summed E-state index contributed by atoms with van der Waals surface area (Å²) in [7, 11) is -7.29. The number of rotatable bonds is 2. The van der Waals surface area contributed by atoms with Crippen molar-refractivity contribution in [3.05, 3.63) is 0 Å². The van der Waals surface area contributed by atoms with Crippen LogP contribution in [0.15, 0.2) is 0 Å². The molecule has 0 aliphatic carbocycles. The van der Waals surface area contributed by atoms with Crippen molar-refractivity contribution in [1.29, 1.82) is 0 Å². The third-order valence-electron chi connectivity index (χ3n) is 0.824. The summed E-state index contributed by atoms with van der Waals surface area (Å²) >= 11 is 0. The Balaban J connectivity index is 0. The van der Waals surface area contributed by atoms with Crippen LogP contribution in [0, 0.1) is 0 Å². The highest BCUT2D eigenvalue weighted by atomic mass is 31.2. The standard InChI is InChI=1S/2C2H7O3P/c2*1-2-6(3,4)5/h2*2H2,1H3,(H2,3,4,5). The van der Waals surface area contributed by atoms with Crippen LogP contribution in [0.2, 0.25) is 0 Å². The molecule has 0 amide bonds. The average molecular weight is 220 g/mol. The van der Waals surface area contributed by atoms with Gasteiger partial charge in [-0.05, 0) is 0 Å². The number of hydrogen-bond acceptors (Lipinski definition) is 2. The van der Waals surface area contributed by atoms with Gasteiger partial charge in [0.05, 0.1) is 0 Å². The van der Waals surface area contributed by atoms with Crippen molar-refractivity contribution in [3.63, 3.8) is 0 Å². The fraction of sp³-hybridized carbons (Fsp3) is 1.00. The van der Waals surface area contributed by atoms with Crippen molar-refractivity contribution in [2.45, 2.75) is 13.8 Å². The molecule has 8 heteroatoms. The van der Waals surface area contributed by atoms with Crippen LogP contribution in [0.3, 0.4) is 0 Å². The molecule has 0 heterocycles. The van der Waals surface area contributed by atoms with Gasteiger partial charge in [-0.1, -0.05) is 13.8 Å². The van der Waals surface area contributed by atoms with E-state index in [1.165, 1.54) is 13.8 Å². The van der Waals surface area contributed by atoms with Crippen LogP contribution in [-0.4, -0.2) is 31.9 Å². The minimum absolute atomic E-state index is 0.0625. The van der Waals surface area contributed by atoms with Gasteiger partial charge in [-0.15, -0.1) is 0 Å². The maximum Gasteiger partial charge on any atom is 0.325 e. The molecule has 12 heavy (non-hydrogen) atoms. The molecule has 0 saturated heterocycles. The van der Waals surface area contributed by atoms with Gasteiger partial charge in [0.1, 0.15) is 0 Å². The van der Waals surface area contributed by atoms with E-state index in [4.69, 9.17) is 19.6 Å². The summed E-state index contributed by atoms with van der Waals surface area (Å²) in [6.07, 6.45) is -0.125. The molecule has 0 spiro atoms. The lowest BCUT2D eigenvalue weighted by Crippen LogP contribution is -1.76. The predicted molar refractivity (Wildman–Crippen MR) is 45.2 cm³/mol. The van der Waals surface area contributed by atoms with Gasteiger partial charge in [-0.25, -0.2) is 0 Å². The van der Waals surface area contributed by atoms with Gasteiger partial charge in [-0.3, -0.25) is 9.13 Å². The van der Waals surface area contributed by atoms with E-state index >= 15 is 0 Å². The zero-order valence-corrected chi connectivity index (χ0v) is 8.70. The van der Waals surface area contributed by atoms with Crippen molar-refractivity contribution >= 4 is 15.2 Å². The van der Waals surface area contributed by atoms with Gasteiger partial charge in [-0.2, -0.15) is 0 Å². The van der Waals surface area contributed by atoms with Crippen molar-refractivity contribution in [3.8, 4) is 0 Å². The van der Waals surface area contributed by atoms with Gasteiger partial charge < -0.3 is 19.6 Å². The molecule has 0 aliphatic heterocycles. The van der Waals surface area contributed by atoms with Crippen molar-refractivity contribution in [2.75, 3.05) is 12.3 Å². The molecule has 0 aromatic heterocycles. The minimum Gasteiger partial charge on any atom is -0.324 e. The highest BCUT2D eigenvalue weighted by Crippen LogP contribution is 2.32. The second-order valence-corrected chi connectivity index (χ2v) is 5.89. The first-order valence-electron chi connectivity index (χ1n) is 3.21. The van der Waals surface area contributed by atoms with Gasteiger partial charge in [0, 0.05) is 12.3 Å². The summed E-state index contributed by atoms with van der Waals surface area (Å²) in [4.78, 5) is 31.8. The summed E-state index contributed by atoms with van der Waals surface area (Å²) in [5, 5.41) is 0. The van der Waals surface area contributed by atoms with E-state index in [1.54, 1.807) is 0 Å². The van der Waals surface area contributed by atoms with Crippen molar-refractivity contribution in [2.24, 2.45) is 0 Å². The zero-order valence-electron chi connectivity index (χ0n) is 6.91. The molecule has 76 valence electrons. The third-order valence-corrected chi connectivity index (χ3v) is 2.47. The van der Waals surface area contributed by atoms with Gasteiger partial charge >= 0.3 is 15.2 Å². The smallest absolute Gasteiger partial charge is 0.324 e. The average Bonchev–Trinajstić information content (AvgIpc) is 1.86. The first-order valence-corrected chi connectivity index (χ1v) is 6.81. The van der Waals surface area contributed by atoms with Crippen LogP contribution >= 0.6 is 15.2 Å². The van der Waals surface area contributed by atoms with Gasteiger partial charge in [0.2, 0.25) is 0 Å². The third kappa shape index (κ3) is 22.4. The molecule has 0 unspecified atom stereocenters. The lowest BCUT2D eigenvalue weighted by Gasteiger charge is -1.92. The van der Waals surface area contributed by atoms with E-state index in [1.807, 2.05) is 0 Å². The molecule has 0 aromatic rings. The van der Waals surface area contributed by atoms with Crippen LogP contribution in [0.5, 0.6) is 0 Å². The molecular weight excluding hydrogens is 206 g/mol. The quantitative estimate of drug-likeness (QED) is 0.499. The number of hydrogen-bond donors (Lipinski definition) is 4. The summed E-state index contributed by atoms with van der Waals surface area (Å²) in [6, 6.07) is 0. The lowest BCUT2D eigenvalue weighted by molar-refractivity contribution is 0.372. The Labute approximate surface area is 70.9 Å². The van der Waals surface area contributed by atoms with Crippen LogP contribution in [-0.2, 0) is 9.13 Å². The van der Waals surface area contributed by atoms with Crippen molar-refractivity contribution in [1.82, 2.24) is 0 Å². The fourth-order valence-corrected chi connectivity index (χ4v) is 0. The Morgan fingerprint density at radius 1 is 0.833 bits per heavy atom. The Hall–Kier alpha value is 0.300. The maximum absolute atomic E-state index is 9.69. The Morgan fingerprint density at radius 2 is 0.917 bits per heavy atom. The molecule has 0 rings (SSSR count). The molecule has 0 saturated carbocycles. The summed E-state index contributed by atoms with van der Waals surface area (Å²) in [6.45, 7) is 2.89.